The second kappa shape index (κ2) is 13.1. The maximum atomic E-state index is 11.9. The van der Waals surface area contributed by atoms with E-state index in [1.807, 2.05) is 6.07 Å². The van der Waals surface area contributed by atoms with Crippen molar-refractivity contribution in [3.63, 3.8) is 0 Å². The summed E-state index contributed by atoms with van der Waals surface area (Å²) in [5.41, 5.74) is 4.23. The van der Waals surface area contributed by atoms with Crippen molar-refractivity contribution in [3.05, 3.63) is 24.2 Å². The van der Waals surface area contributed by atoms with Gasteiger partial charge in [0.05, 0.1) is 12.7 Å². The molecule has 25 heteroatoms. The van der Waals surface area contributed by atoms with Crippen molar-refractivity contribution < 1.29 is 61.0 Å². The molecule has 0 aliphatic carbocycles. The zero-order valence-corrected chi connectivity index (χ0v) is 24.4. The van der Waals surface area contributed by atoms with Gasteiger partial charge in [0.15, 0.2) is 5.82 Å². The smallest absolute Gasteiger partial charge is 0.280 e. The predicted octanol–water partition coefficient (Wildman–Crippen LogP) is -0.648. The monoisotopic (exact) mass is 628 g/mol. The minimum Gasteiger partial charge on any atom is -0.756 e. The number of hydrogen-bond acceptors (Lipinski definition) is 16. The van der Waals surface area contributed by atoms with E-state index in [2.05, 4.69) is 23.2 Å². The van der Waals surface area contributed by atoms with Gasteiger partial charge < -0.3 is 69.0 Å². The lowest BCUT2D eigenvalue weighted by molar-refractivity contribution is -0.264. The molecule has 0 saturated carbocycles. The number of anilines is 1. The number of nitrogen functional groups attached to an aromatic ring is 1. The Morgan fingerprint density at radius 1 is 1.18 bits per heavy atom. The fourth-order valence-electron chi connectivity index (χ4n) is 3.58. The van der Waals surface area contributed by atoms with Gasteiger partial charge in [0.2, 0.25) is 5.79 Å². The third-order valence-electron chi connectivity index (χ3n) is 5.08. The number of aliphatic hydroxyl groups excluding tert-OH is 1. The Morgan fingerprint density at radius 3 is 2.28 bits per heavy atom. The lowest BCUT2D eigenvalue weighted by Crippen LogP contribution is -2.47. The Kier molecular flexibility index (Phi) is 13.2. The SMILES string of the molecule is CO[C@@]1(c2ccc3c(N)ncnn23)O[C@H](COP(=O)([O-])OP(=O)([O-])OP(=O)([O-])O)[C@@H](O)[C@@]1(C)C#N.[NH4+].[NH4+].[NH4+].[NH4+]. The van der Waals surface area contributed by atoms with Gasteiger partial charge in [-0.1, -0.05) is 0 Å². The van der Waals surface area contributed by atoms with E-state index in [9.17, 15) is 38.7 Å². The average Bonchev–Trinajstić information content (AvgIpc) is 3.24. The maximum absolute atomic E-state index is 11.9. The molecule has 2 aromatic rings. The van der Waals surface area contributed by atoms with Gasteiger partial charge in [-0.25, -0.2) is 18.1 Å². The Balaban J connectivity index is 0. The molecule has 226 valence electrons. The number of rotatable bonds is 9. The van der Waals surface area contributed by atoms with Crippen LogP contribution < -0.4 is 45.0 Å². The molecule has 0 aromatic carbocycles. The summed E-state index contributed by atoms with van der Waals surface area (Å²) in [6, 6.07) is 4.75. The van der Waals surface area contributed by atoms with Gasteiger partial charge in [-0.3, -0.25) is 13.7 Å². The average molecular weight is 628 g/mol. The van der Waals surface area contributed by atoms with Crippen LogP contribution in [0.25, 0.3) is 5.52 Å². The van der Waals surface area contributed by atoms with Crippen molar-refractivity contribution in [3.8, 4) is 6.07 Å². The van der Waals surface area contributed by atoms with Crippen molar-refractivity contribution in [1.82, 2.24) is 39.2 Å². The van der Waals surface area contributed by atoms with E-state index >= 15 is 0 Å². The molecule has 3 heterocycles. The standard InChI is InChI=1S/C14H20N5O13P3.4H3N/c1-13(6-15)11(20)9(5-29-34(24,25)32-35(26,27)31-33(21,22)23)30-14(13,28-2)10-4-3-8-12(16)17-7-18-19(8)10;;;;/h3-4,7,9,11,20H,5H2,1-2H3,(H,24,25)(H,26,27)(H2,16,17,18)(H2,21,22,23);4*1H3/p+1/t9-,11-,13-,14+;;;;/m1..../s1. The van der Waals surface area contributed by atoms with Gasteiger partial charge in [-0.2, -0.15) is 10.4 Å². The van der Waals surface area contributed by atoms with Crippen LogP contribution in [0.2, 0.25) is 0 Å². The van der Waals surface area contributed by atoms with Crippen molar-refractivity contribution in [2.45, 2.75) is 24.9 Å². The number of hydrogen-bond donors (Lipinski definition) is 7. The van der Waals surface area contributed by atoms with E-state index in [1.54, 1.807) is 0 Å². The summed E-state index contributed by atoms with van der Waals surface area (Å²) >= 11 is 0. The molecule has 1 aliphatic rings. The van der Waals surface area contributed by atoms with Crippen LogP contribution in [0.15, 0.2) is 18.5 Å². The van der Waals surface area contributed by atoms with E-state index in [1.165, 1.54) is 23.6 Å². The molecule has 0 bridgehead atoms. The fraction of sp³-hybridized carbons (Fsp3) is 0.500. The summed E-state index contributed by atoms with van der Waals surface area (Å²) in [6.45, 7) is 0.115. The van der Waals surface area contributed by atoms with Gasteiger partial charge in [0.25, 0.3) is 23.5 Å². The predicted molar refractivity (Wildman–Crippen MR) is 128 cm³/mol. The molecule has 0 radical (unpaired) electrons. The van der Waals surface area contributed by atoms with Gasteiger partial charge in [0, 0.05) is 7.11 Å². The number of nitrogens with two attached hydrogens (primary N) is 1. The molecule has 0 amide bonds. The van der Waals surface area contributed by atoms with Crippen LogP contribution >= 0.6 is 23.5 Å². The number of phosphoric ester groups is 1. The minimum absolute atomic E-state index is 0. The molecule has 39 heavy (non-hydrogen) atoms. The van der Waals surface area contributed by atoms with Gasteiger partial charge in [-0.05, 0) is 19.1 Å². The lowest BCUT2D eigenvalue weighted by atomic mass is 9.76. The molecule has 1 aliphatic heterocycles. The maximum Gasteiger partial charge on any atom is 0.280 e. The number of aromatic nitrogens is 3. The number of phosphoric acid groups is 3. The highest BCUT2D eigenvalue weighted by Gasteiger charge is 2.67. The number of nitriles is 1. The fourth-order valence-corrected chi connectivity index (χ4v) is 6.47. The molecule has 1 fully saturated rings. The zero-order chi connectivity index (χ0) is 26.4. The molecule has 1 saturated heterocycles. The number of quaternary nitrogens is 4. The first-order valence-electron chi connectivity index (χ1n) is 9.15. The van der Waals surface area contributed by atoms with Gasteiger partial charge in [-0.15, -0.1) is 0 Å². The van der Waals surface area contributed by atoms with Crippen LogP contribution in [0.5, 0.6) is 0 Å². The highest BCUT2D eigenvalue weighted by atomic mass is 31.3. The summed E-state index contributed by atoms with van der Waals surface area (Å²) in [5.74, 6) is -2.02. The summed E-state index contributed by atoms with van der Waals surface area (Å²) < 4.78 is 57.4. The lowest BCUT2D eigenvalue weighted by Gasteiger charge is -2.36. The van der Waals surface area contributed by atoms with Crippen molar-refractivity contribution in [2.75, 3.05) is 19.5 Å². The number of ether oxygens (including phenoxy) is 2. The first-order chi connectivity index (χ1) is 16.0. The van der Waals surface area contributed by atoms with Crippen LogP contribution in [-0.2, 0) is 42.1 Å². The van der Waals surface area contributed by atoms with Crippen molar-refractivity contribution >= 4 is 34.8 Å². The van der Waals surface area contributed by atoms with Crippen LogP contribution in [0, 0.1) is 16.7 Å². The van der Waals surface area contributed by atoms with Crippen LogP contribution in [-0.4, -0.2) is 50.5 Å². The second-order valence-electron chi connectivity index (χ2n) is 7.22. The summed E-state index contributed by atoms with van der Waals surface area (Å²) in [4.78, 5) is 46.0. The number of aliphatic hydroxyl groups is 1. The molecule has 7 atom stereocenters. The molecular formula is C14H33N9O13P3+. The van der Waals surface area contributed by atoms with Crippen LogP contribution in [0.1, 0.15) is 12.6 Å². The summed E-state index contributed by atoms with van der Waals surface area (Å²) in [7, 11) is -16.8. The van der Waals surface area contributed by atoms with E-state index in [4.69, 9.17) is 20.1 Å². The Morgan fingerprint density at radius 2 is 1.77 bits per heavy atom. The summed E-state index contributed by atoms with van der Waals surface area (Å²) in [5, 5.41) is 24.7. The minimum atomic E-state index is -6.13. The topological polar surface area (TPSA) is 433 Å². The highest BCUT2D eigenvalue weighted by Crippen LogP contribution is 2.62. The highest BCUT2D eigenvalue weighted by molar-refractivity contribution is 7.65. The van der Waals surface area contributed by atoms with E-state index in [0.717, 1.165) is 13.4 Å². The first-order valence-corrected chi connectivity index (χ1v) is 13.6. The van der Waals surface area contributed by atoms with E-state index in [-0.39, 0.29) is 36.1 Å². The third kappa shape index (κ3) is 7.42. The van der Waals surface area contributed by atoms with Crippen LogP contribution in [0.4, 0.5) is 5.82 Å². The molecule has 22 nitrogen and oxygen atoms in total. The normalized spacial score (nSPS) is 28.7. The number of nitrogens with zero attached hydrogens (tertiary/aromatic N) is 4. The second-order valence-corrected chi connectivity index (χ2v) is 11.5. The molecule has 0 spiro atoms. The van der Waals surface area contributed by atoms with Crippen LogP contribution in [0.3, 0.4) is 0 Å². The largest absolute Gasteiger partial charge is 0.756 e. The summed E-state index contributed by atoms with van der Waals surface area (Å²) in [6.07, 6.45) is -2.34. The van der Waals surface area contributed by atoms with E-state index < -0.39 is 53.5 Å². The van der Waals surface area contributed by atoms with Crippen molar-refractivity contribution in [2.24, 2.45) is 5.41 Å². The quantitative estimate of drug-likeness (QED) is 0.170. The molecule has 3 rings (SSSR count). The third-order valence-corrected chi connectivity index (χ3v) is 8.77. The zero-order valence-electron chi connectivity index (χ0n) is 21.7. The Hall–Kier alpha value is -1.96. The number of methoxy groups -OCH3 is 1. The van der Waals surface area contributed by atoms with E-state index in [0.29, 0.717) is 5.52 Å². The van der Waals surface area contributed by atoms with Gasteiger partial charge >= 0.3 is 0 Å². The molecule has 2 aromatic heterocycles. The Bertz CT molecular complexity index is 1320. The first kappa shape index (κ1) is 39.2. The Labute approximate surface area is 220 Å². The number of fused-ring (bicyclic) bond motifs is 1. The molecular weight excluding hydrogens is 595 g/mol. The van der Waals surface area contributed by atoms with Crippen molar-refractivity contribution in [1.29, 1.82) is 5.26 Å². The van der Waals surface area contributed by atoms with Gasteiger partial charge in [0.1, 0.15) is 35.2 Å². The molecule has 3 unspecified atom stereocenters. The molecule has 20 N–H and O–H groups in total.